The molecule has 6 heteroatoms. The van der Waals surface area contributed by atoms with E-state index >= 15 is 0 Å². The minimum atomic E-state index is -4.41. The summed E-state index contributed by atoms with van der Waals surface area (Å²) in [4.78, 5) is 0. The Bertz CT molecular complexity index is 537. The Hall–Kier alpha value is -0.850. The summed E-state index contributed by atoms with van der Waals surface area (Å²) in [5.41, 5.74) is 5.98. The van der Waals surface area contributed by atoms with Gasteiger partial charge in [-0.3, -0.25) is 0 Å². The summed E-state index contributed by atoms with van der Waals surface area (Å²) in [6.45, 7) is 0. The van der Waals surface area contributed by atoms with Crippen molar-refractivity contribution in [3.63, 3.8) is 0 Å². The number of benzene rings is 1. The molecule has 1 unspecified atom stereocenters. The molecule has 1 nitrogen and oxygen atoms in total. The van der Waals surface area contributed by atoms with Crippen LogP contribution in [0.5, 0.6) is 0 Å². The molecule has 2 aromatic rings. The van der Waals surface area contributed by atoms with Gasteiger partial charge >= 0.3 is 6.18 Å². The molecule has 0 bridgehead atoms. The van der Waals surface area contributed by atoms with E-state index in [1.54, 1.807) is 22.9 Å². The molecule has 0 amide bonds. The highest BCUT2D eigenvalue weighted by atomic mass is 79.9. The SMILES string of the molecule is NC(c1ccsc1)c1ccc(Br)cc1C(F)(F)F. The van der Waals surface area contributed by atoms with Crippen molar-refractivity contribution in [3.8, 4) is 0 Å². The number of halogens is 4. The van der Waals surface area contributed by atoms with Crippen molar-refractivity contribution in [3.05, 3.63) is 56.2 Å². The molecule has 0 aliphatic carbocycles. The van der Waals surface area contributed by atoms with Crippen molar-refractivity contribution in [2.24, 2.45) is 5.73 Å². The Labute approximate surface area is 115 Å². The monoisotopic (exact) mass is 335 g/mol. The summed E-state index contributed by atoms with van der Waals surface area (Å²) >= 11 is 4.46. The van der Waals surface area contributed by atoms with Crippen molar-refractivity contribution < 1.29 is 13.2 Å². The summed E-state index contributed by atoms with van der Waals surface area (Å²) in [6, 6.07) is 5.01. The molecule has 1 aromatic carbocycles. The number of hydrogen-bond donors (Lipinski definition) is 1. The molecule has 0 saturated carbocycles. The first-order chi connectivity index (χ1) is 8.39. The zero-order valence-electron chi connectivity index (χ0n) is 9.04. The minimum Gasteiger partial charge on any atom is -0.320 e. The lowest BCUT2D eigenvalue weighted by molar-refractivity contribution is -0.138. The summed E-state index contributed by atoms with van der Waals surface area (Å²) in [6.07, 6.45) is -4.41. The van der Waals surface area contributed by atoms with Crippen LogP contribution in [0.4, 0.5) is 13.2 Å². The third kappa shape index (κ3) is 2.76. The van der Waals surface area contributed by atoms with Crippen LogP contribution < -0.4 is 5.73 Å². The van der Waals surface area contributed by atoms with E-state index in [9.17, 15) is 13.2 Å². The maximum absolute atomic E-state index is 13.0. The molecule has 1 aromatic heterocycles. The second-order valence-electron chi connectivity index (χ2n) is 3.76. The Morgan fingerprint density at radius 2 is 1.94 bits per heavy atom. The van der Waals surface area contributed by atoms with Gasteiger partial charge in [-0.2, -0.15) is 24.5 Å². The molecule has 96 valence electrons. The minimum absolute atomic E-state index is 0.0871. The van der Waals surface area contributed by atoms with Crippen molar-refractivity contribution in [1.82, 2.24) is 0 Å². The van der Waals surface area contributed by atoms with E-state index in [-0.39, 0.29) is 5.56 Å². The molecule has 1 atom stereocenters. The van der Waals surface area contributed by atoms with Gasteiger partial charge in [0, 0.05) is 4.47 Å². The summed E-state index contributed by atoms with van der Waals surface area (Å²) in [5, 5.41) is 3.55. The highest BCUT2D eigenvalue weighted by molar-refractivity contribution is 9.10. The van der Waals surface area contributed by atoms with Gasteiger partial charge in [-0.05, 0) is 40.1 Å². The summed E-state index contributed by atoms with van der Waals surface area (Å²) in [7, 11) is 0. The molecular formula is C12H9BrF3NS. The number of alkyl halides is 3. The standard InChI is InChI=1S/C12H9BrF3NS/c13-8-1-2-9(10(5-8)12(14,15)16)11(17)7-3-4-18-6-7/h1-6,11H,17H2. The molecule has 0 spiro atoms. The number of hydrogen-bond acceptors (Lipinski definition) is 2. The highest BCUT2D eigenvalue weighted by Gasteiger charge is 2.35. The fraction of sp³-hybridized carbons (Fsp3) is 0.167. The first kappa shape index (κ1) is 13.6. The van der Waals surface area contributed by atoms with E-state index < -0.39 is 17.8 Å². The Morgan fingerprint density at radius 1 is 1.22 bits per heavy atom. The van der Waals surface area contributed by atoms with Crippen molar-refractivity contribution in [1.29, 1.82) is 0 Å². The second kappa shape index (κ2) is 5.03. The van der Waals surface area contributed by atoms with Crippen LogP contribution in [0.3, 0.4) is 0 Å². The maximum Gasteiger partial charge on any atom is 0.416 e. The quantitative estimate of drug-likeness (QED) is 0.854. The van der Waals surface area contributed by atoms with Gasteiger partial charge in [0.05, 0.1) is 11.6 Å². The van der Waals surface area contributed by atoms with E-state index in [0.717, 1.165) is 6.07 Å². The average Bonchev–Trinajstić information content (AvgIpc) is 2.80. The normalized spacial score (nSPS) is 13.6. The predicted octanol–water partition coefficient (Wildman–Crippen LogP) is 4.58. The van der Waals surface area contributed by atoms with Gasteiger partial charge in [-0.15, -0.1) is 0 Å². The van der Waals surface area contributed by atoms with Gasteiger partial charge in [-0.25, -0.2) is 0 Å². The number of thiophene rings is 1. The average molecular weight is 336 g/mol. The number of nitrogens with two attached hydrogens (primary N) is 1. The summed E-state index contributed by atoms with van der Waals surface area (Å²) < 4.78 is 39.3. The van der Waals surface area contributed by atoms with E-state index in [0.29, 0.717) is 10.0 Å². The first-order valence-corrected chi connectivity index (χ1v) is 6.77. The van der Waals surface area contributed by atoms with Gasteiger partial charge in [0.2, 0.25) is 0 Å². The predicted molar refractivity (Wildman–Crippen MR) is 69.5 cm³/mol. The highest BCUT2D eigenvalue weighted by Crippen LogP contribution is 2.37. The molecule has 0 aliphatic rings. The molecule has 2 rings (SSSR count). The van der Waals surface area contributed by atoms with Crippen LogP contribution >= 0.6 is 27.3 Å². The van der Waals surface area contributed by atoms with Gasteiger partial charge in [0.25, 0.3) is 0 Å². The maximum atomic E-state index is 13.0. The van der Waals surface area contributed by atoms with E-state index in [2.05, 4.69) is 15.9 Å². The van der Waals surface area contributed by atoms with Crippen LogP contribution in [-0.2, 0) is 6.18 Å². The molecule has 0 aliphatic heterocycles. The largest absolute Gasteiger partial charge is 0.416 e. The summed E-state index contributed by atoms with van der Waals surface area (Å²) in [5.74, 6) is 0. The van der Waals surface area contributed by atoms with Crippen LogP contribution in [0.15, 0.2) is 39.5 Å². The lowest BCUT2D eigenvalue weighted by Gasteiger charge is -2.18. The third-order valence-corrected chi connectivity index (χ3v) is 3.75. The zero-order chi connectivity index (χ0) is 13.3. The molecule has 1 heterocycles. The van der Waals surface area contributed by atoms with Crippen molar-refractivity contribution >= 4 is 27.3 Å². The molecule has 0 radical (unpaired) electrons. The van der Waals surface area contributed by atoms with Crippen LogP contribution in [0.25, 0.3) is 0 Å². The van der Waals surface area contributed by atoms with E-state index in [1.165, 1.54) is 17.4 Å². The molecule has 0 saturated heterocycles. The number of rotatable bonds is 2. The van der Waals surface area contributed by atoms with Crippen molar-refractivity contribution in [2.75, 3.05) is 0 Å². The molecule has 18 heavy (non-hydrogen) atoms. The Morgan fingerprint density at radius 3 is 2.50 bits per heavy atom. The zero-order valence-corrected chi connectivity index (χ0v) is 11.4. The smallest absolute Gasteiger partial charge is 0.320 e. The van der Waals surface area contributed by atoms with Crippen molar-refractivity contribution in [2.45, 2.75) is 12.2 Å². The Kier molecular flexibility index (Phi) is 3.79. The first-order valence-electron chi connectivity index (χ1n) is 5.04. The molecule has 0 fully saturated rings. The lowest BCUT2D eigenvalue weighted by Crippen LogP contribution is -2.18. The fourth-order valence-corrected chi connectivity index (χ4v) is 2.73. The van der Waals surface area contributed by atoms with E-state index in [4.69, 9.17) is 5.73 Å². The second-order valence-corrected chi connectivity index (χ2v) is 5.46. The van der Waals surface area contributed by atoms with Crippen LogP contribution in [-0.4, -0.2) is 0 Å². The lowest BCUT2D eigenvalue weighted by atomic mass is 9.96. The van der Waals surface area contributed by atoms with Crippen LogP contribution in [0.2, 0.25) is 0 Å². The third-order valence-electron chi connectivity index (χ3n) is 2.56. The van der Waals surface area contributed by atoms with Gasteiger partial charge in [-0.1, -0.05) is 22.0 Å². The van der Waals surface area contributed by atoms with E-state index in [1.807, 2.05) is 0 Å². The Balaban J connectivity index is 2.51. The van der Waals surface area contributed by atoms with Gasteiger partial charge in [0.1, 0.15) is 0 Å². The van der Waals surface area contributed by atoms with Crippen LogP contribution in [0.1, 0.15) is 22.7 Å². The molecule has 2 N–H and O–H groups in total. The van der Waals surface area contributed by atoms with Gasteiger partial charge in [0.15, 0.2) is 0 Å². The topological polar surface area (TPSA) is 26.0 Å². The van der Waals surface area contributed by atoms with Crippen LogP contribution in [0, 0.1) is 0 Å². The fourth-order valence-electron chi connectivity index (χ4n) is 1.68. The van der Waals surface area contributed by atoms with Gasteiger partial charge < -0.3 is 5.73 Å². The molecular weight excluding hydrogens is 327 g/mol.